The summed E-state index contributed by atoms with van der Waals surface area (Å²) in [6, 6.07) is 9.52. The van der Waals surface area contributed by atoms with Gasteiger partial charge in [-0.05, 0) is 25.1 Å². The Morgan fingerprint density at radius 2 is 2.00 bits per heavy atom. The molecule has 1 aliphatic rings. The standard InChI is InChI=1S/C16H14ClN3O4S/c1-9(21)11-5-3-4-6-12(11)18-16-19-15-13(24-2)7-10(17)8-14(15)25(22,23)20-16/h3-8H,1-2H3,(H2,18,19,20). The Bertz CT molecular complexity index is 1000. The largest absolute Gasteiger partial charge is 0.494 e. The van der Waals surface area contributed by atoms with Crippen molar-refractivity contribution in [1.29, 1.82) is 0 Å². The molecular formula is C16H14ClN3O4S. The molecule has 2 aromatic rings. The minimum atomic E-state index is -3.99. The van der Waals surface area contributed by atoms with E-state index in [-0.39, 0.29) is 33.1 Å². The third kappa shape index (κ3) is 3.31. The van der Waals surface area contributed by atoms with E-state index in [1.54, 1.807) is 24.3 Å². The van der Waals surface area contributed by atoms with Crippen LogP contribution in [0.15, 0.2) is 45.7 Å². The summed E-state index contributed by atoms with van der Waals surface area (Å²) in [4.78, 5) is 11.6. The van der Waals surface area contributed by atoms with Crippen molar-refractivity contribution in [2.75, 3.05) is 17.7 Å². The second-order valence-corrected chi connectivity index (χ2v) is 7.26. The van der Waals surface area contributed by atoms with E-state index in [2.05, 4.69) is 15.0 Å². The van der Waals surface area contributed by atoms with Crippen molar-refractivity contribution in [1.82, 2.24) is 0 Å². The van der Waals surface area contributed by atoms with Gasteiger partial charge in [0.05, 0.1) is 12.8 Å². The van der Waals surface area contributed by atoms with Gasteiger partial charge in [0, 0.05) is 16.7 Å². The molecule has 130 valence electrons. The number of para-hydroxylation sites is 1. The van der Waals surface area contributed by atoms with Gasteiger partial charge in [0.15, 0.2) is 5.78 Å². The first-order valence-corrected chi connectivity index (χ1v) is 9.00. The molecule has 0 aromatic heterocycles. The fourth-order valence-electron chi connectivity index (χ4n) is 2.44. The molecule has 0 fully saturated rings. The lowest BCUT2D eigenvalue weighted by molar-refractivity contribution is 0.101. The number of guanidine groups is 1. The summed E-state index contributed by atoms with van der Waals surface area (Å²) in [6.45, 7) is 1.42. The number of benzene rings is 2. The number of hydrogen-bond acceptors (Lipinski definition) is 6. The first-order valence-electron chi connectivity index (χ1n) is 7.18. The Balaban J connectivity index is 2.05. The Morgan fingerprint density at radius 3 is 2.68 bits per heavy atom. The van der Waals surface area contributed by atoms with Crippen molar-refractivity contribution in [3.8, 4) is 5.75 Å². The number of sulfonamides is 1. The number of carbonyl (C=O) groups excluding carboxylic acids is 1. The monoisotopic (exact) mass is 379 g/mol. The predicted molar refractivity (Wildman–Crippen MR) is 96.3 cm³/mol. The van der Waals surface area contributed by atoms with Gasteiger partial charge in [-0.3, -0.25) is 4.79 Å². The molecule has 0 amide bonds. The average Bonchev–Trinajstić information content (AvgIpc) is 2.55. The molecule has 0 radical (unpaired) electrons. The lowest BCUT2D eigenvalue weighted by Crippen LogP contribution is -2.29. The quantitative estimate of drug-likeness (QED) is 0.795. The number of methoxy groups -OCH3 is 1. The predicted octanol–water partition coefficient (Wildman–Crippen LogP) is 3.13. The van der Waals surface area contributed by atoms with E-state index >= 15 is 0 Å². The molecule has 1 aliphatic heterocycles. The Labute approximate surface area is 149 Å². The number of fused-ring (bicyclic) bond motifs is 1. The van der Waals surface area contributed by atoms with E-state index in [9.17, 15) is 13.2 Å². The van der Waals surface area contributed by atoms with E-state index in [1.807, 2.05) is 0 Å². The van der Waals surface area contributed by atoms with E-state index in [1.165, 1.54) is 26.2 Å². The Hall–Kier alpha value is -2.58. The van der Waals surface area contributed by atoms with Gasteiger partial charge >= 0.3 is 0 Å². The number of nitrogens with zero attached hydrogens (tertiary/aromatic N) is 1. The third-order valence-electron chi connectivity index (χ3n) is 3.54. The summed E-state index contributed by atoms with van der Waals surface area (Å²) in [7, 11) is -2.58. The van der Waals surface area contributed by atoms with Crippen LogP contribution in [0.1, 0.15) is 17.3 Å². The maximum absolute atomic E-state index is 12.5. The first kappa shape index (κ1) is 17.2. The number of halogens is 1. The fourth-order valence-corrected chi connectivity index (χ4v) is 3.83. The maximum Gasteiger partial charge on any atom is 0.287 e. The van der Waals surface area contributed by atoms with Crippen LogP contribution in [0.3, 0.4) is 0 Å². The Morgan fingerprint density at radius 1 is 1.28 bits per heavy atom. The van der Waals surface area contributed by atoms with Gasteiger partial charge in [0.25, 0.3) is 10.0 Å². The smallest absolute Gasteiger partial charge is 0.287 e. The first-order chi connectivity index (χ1) is 11.8. The van der Waals surface area contributed by atoms with Crippen LogP contribution in [0.4, 0.5) is 11.4 Å². The highest BCUT2D eigenvalue weighted by molar-refractivity contribution is 7.90. The van der Waals surface area contributed by atoms with Crippen LogP contribution in [0.25, 0.3) is 0 Å². The van der Waals surface area contributed by atoms with Crippen molar-refractivity contribution >= 4 is 44.7 Å². The molecule has 0 spiro atoms. The molecule has 0 bridgehead atoms. The van der Waals surface area contributed by atoms with Crippen LogP contribution in [0.2, 0.25) is 5.02 Å². The van der Waals surface area contributed by atoms with Crippen LogP contribution in [0.5, 0.6) is 5.75 Å². The highest BCUT2D eigenvalue weighted by Crippen LogP contribution is 2.38. The highest BCUT2D eigenvalue weighted by atomic mass is 35.5. The van der Waals surface area contributed by atoms with Crippen molar-refractivity contribution < 1.29 is 17.9 Å². The van der Waals surface area contributed by atoms with Gasteiger partial charge in [-0.1, -0.05) is 23.7 Å². The highest BCUT2D eigenvalue weighted by Gasteiger charge is 2.29. The van der Waals surface area contributed by atoms with Gasteiger partial charge in [-0.2, -0.15) is 8.42 Å². The van der Waals surface area contributed by atoms with Crippen LogP contribution < -0.4 is 15.4 Å². The molecular weight excluding hydrogens is 366 g/mol. The van der Waals surface area contributed by atoms with Crippen LogP contribution >= 0.6 is 11.6 Å². The molecule has 0 atom stereocenters. The van der Waals surface area contributed by atoms with E-state index in [0.717, 1.165) is 0 Å². The summed E-state index contributed by atoms with van der Waals surface area (Å²) < 4.78 is 33.8. The van der Waals surface area contributed by atoms with Crippen LogP contribution in [0, 0.1) is 0 Å². The van der Waals surface area contributed by atoms with Crippen molar-refractivity contribution in [3.05, 3.63) is 47.0 Å². The lowest BCUT2D eigenvalue weighted by atomic mass is 10.1. The van der Waals surface area contributed by atoms with Gasteiger partial charge < -0.3 is 15.4 Å². The normalized spacial score (nSPS) is 14.8. The van der Waals surface area contributed by atoms with Gasteiger partial charge in [-0.15, -0.1) is 4.40 Å². The summed E-state index contributed by atoms with van der Waals surface area (Å²) in [5, 5.41) is 5.94. The maximum atomic E-state index is 12.5. The molecule has 0 saturated heterocycles. The van der Waals surface area contributed by atoms with E-state index in [0.29, 0.717) is 11.3 Å². The molecule has 3 rings (SSSR count). The zero-order chi connectivity index (χ0) is 18.2. The SMILES string of the molecule is COc1cc(Cl)cc2c1NC(Nc1ccccc1C(C)=O)=NS2(=O)=O. The van der Waals surface area contributed by atoms with Crippen molar-refractivity contribution in [2.45, 2.75) is 11.8 Å². The minimum Gasteiger partial charge on any atom is -0.494 e. The number of ketones is 1. The van der Waals surface area contributed by atoms with E-state index < -0.39 is 10.0 Å². The minimum absolute atomic E-state index is 0.0400. The average molecular weight is 380 g/mol. The number of nitrogens with one attached hydrogen (secondary N) is 2. The Kier molecular flexibility index (Phi) is 4.40. The zero-order valence-electron chi connectivity index (χ0n) is 13.3. The molecule has 0 saturated carbocycles. The van der Waals surface area contributed by atoms with Gasteiger partial charge in [0.1, 0.15) is 16.3 Å². The van der Waals surface area contributed by atoms with Crippen LogP contribution in [-0.4, -0.2) is 27.3 Å². The summed E-state index contributed by atoms with van der Waals surface area (Å²) in [5.41, 5.74) is 1.08. The lowest BCUT2D eigenvalue weighted by Gasteiger charge is -2.22. The number of ether oxygens (including phenoxy) is 1. The zero-order valence-corrected chi connectivity index (χ0v) is 14.9. The second-order valence-electron chi connectivity index (χ2n) is 5.25. The molecule has 2 aromatic carbocycles. The topological polar surface area (TPSA) is 96.9 Å². The van der Waals surface area contributed by atoms with Gasteiger partial charge in [0.2, 0.25) is 5.96 Å². The number of hydrogen-bond donors (Lipinski definition) is 2. The summed E-state index contributed by atoms with van der Waals surface area (Å²) >= 11 is 5.94. The number of carbonyl (C=O) groups is 1. The molecule has 1 heterocycles. The van der Waals surface area contributed by atoms with E-state index in [4.69, 9.17) is 16.3 Å². The number of rotatable bonds is 3. The molecule has 25 heavy (non-hydrogen) atoms. The number of anilines is 2. The molecule has 0 unspecified atom stereocenters. The second kappa shape index (κ2) is 6.38. The number of Topliss-reactive ketones (excluding diaryl/α,β-unsaturated/α-hetero) is 1. The van der Waals surface area contributed by atoms with Crippen LogP contribution in [-0.2, 0) is 10.0 Å². The molecule has 9 heteroatoms. The summed E-state index contributed by atoms with van der Waals surface area (Å²) in [6.07, 6.45) is 0. The molecule has 0 aliphatic carbocycles. The van der Waals surface area contributed by atoms with Crippen molar-refractivity contribution in [3.63, 3.8) is 0 Å². The third-order valence-corrected chi connectivity index (χ3v) is 5.06. The van der Waals surface area contributed by atoms with Crippen molar-refractivity contribution in [2.24, 2.45) is 4.40 Å². The molecule has 7 nitrogen and oxygen atoms in total. The summed E-state index contributed by atoms with van der Waals surface area (Å²) in [5.74, 6) is 0.0640. The fraction of sp³-hybridized carbons (Fsp3) is 0.125. The molecule has 2 N–H and O–H groups in total. The van der Waals surface area contributed by atoms with Gasteiger partial charge in [-0.25, -0.2) is 0 Å².